The van der Waals surface area contributed by atoms with Crippen molar-refractivity contribution in [3.63, 3.8) is 0 Å². The monoisotopic (exact) mass is 542 g/mol. The number of nitrogens with zero attached hydrogens (tertiary/aromatic N) is 4. The average Bonchev–Trinajstić information content (AvgIpc) is 3.54. The number of aromatic nitrogens is 4. The third-order valence-electron chi connectivity index (χ3n) is 7.24. The highest BCUT2D eigenvalue weighted by Crippen LogP contribution is 2.33. The smallest absolute Gasteiger partial charge is 0.251 e. The van der Waals surface area contributed by atoms with Gasteiger partial charge in [-0.25, -0.2) is 19.3 Å². The zero-order valence-electron chi connectivity index (χ0n) is 21.5. The maximum absolute atomic E-state index is 14.1. The number of rotatable bonds is 7. The molecule has 4 atom stereocenters. The van der Waals surface area contributed by atoms with Crippen LogP contribution in [0.1, 0.15) is 27.7 Å². The number of hydrogen-bond acceptors (Lipinski definition) is 8. The number of nitrogens with one attached hydrogen (secondary N) is 2. The summed E-state index contributed by atoms with van der Waals surface area (Å²) in [6, 6.07) is 17.4. The van der Waals surface area contributed by atoms with Crippen LogP contribution < -0.4 is 10.6 Å². The summed E-state index contributed by atoms with van der Waals surface area (Å²) >= 11 is 0. The first-order chi connectivity index (χ1) is 19.4. The van der Waals surface area contributed by atoms with Crippen LogP contribution in [-0.4, -0.2) is 60.5 Å². The van der Waals surface area contributed by atoms with Crippen LogP contribution in [0, 0.1) is 12.7 Å². The van der Waals surface area contributed by atoms with E-state index in [-0.39, 0.29) is 5.56 Å². The lowest BCUT2D eigenvalue weighted by Crippen LogP contribution is -2.46. The van der Waals surface area contributed by atoms with Crippen molar-refractivity contribution in [2.45, 2.75) is 37.9 Å². The van der Waals surface area contributed by atoms with E-state index in [0.29, 0.717) is 29.1 Å². The highest BCUT2D eigenvalue weighted by atomic mass is 19.1. The first-order valence-corrected chi connectivity index (χ1v) is 12.8. The van der Waals surface area contributed by atoms with Crippen LogP contribution in [-0.2, 0) is 11.3 Å². The van der Waals surface area contributed by atoms with Crippen molar-refractivity contribution >= 4 is 33.7 Å². The lowest BCUT2D eigenvalue weighted by atomic mass is 10.0. The Morgan fingerprint density at radius 1 is 1.10 bits per heavy atom. The van der Waals surface area contributed by atoms with Gasteiger partial charge in [-0.2, -0.15) is 0 Å². The van der Waals surface area contributed by atoms with Crippen molar-refractivity contribution in [2.75, 3.05) is 11.9 Å². The van der Waals surface area contributed by atoms with Crippen molar-refractivity contribution in [2.24, 2.45) is 0 Å². The predicted molar refractivity (Wildman–Crippen MR) is 146 cm³/mol. The van der Waals surface area contributed by atoms with E-state index in [4.69, 9.17) is 4.74 Å². The summed E-state index contributed by atoms with van der Waals surface area (Å²) in [5, 5.41) is 29.0. The molecule has 1 aliphatic heterocycles. The van der Waals surface area contributed by atoms with Gasteiger partial charge in [0.1, 0.15) is 30.4 Å². The molecular weight excluding hydrogens is 515 g/mol. The lowest BCUT2D eigenvalue weighted by molar-refractivity contribution is -0.0440. The van der Waals surface area contributed by atoms with Gasteiger partial charge < -0.3 is 25.6 Å². The molecule has 0 saturated carbocycles. The number of aryl methyl sites for hydroxylation is 1. The molecule has 1 fully saturated rings. The topological polar surface area (TPSA) is 134 Å². The zero-order valence-corrected chi connectivity index (χ0v) is 21.5. The molecule has 11 heteroatoms. The van der Waals surface area contributed by atoms with Gasteiger partial charge in [0.25, 0.3) is 5.91 Å². The van der Waals surface area contributed by atoms with Crippen molar-refractivity contribution in [1.29, 1.82) is 0 Å². The van der Waals surface area contributed by atoms with E-state index in [0.717, 1.165) is 22.4 Å². The van der Waals surface area contributed by atoms with Crippen molar-refractivity contribution in [3.05, 3.63) is 95.8 Å². The van der Waals surface area contributed by atoms with Crippen LogP contribution >= 0.6 is 0 Å². The summed E-state index contributed by atoms with van der Waals surface area (Å²) in [7, 11) is 0. The Bertz CT molecular complexity index is 1700. The number of aliphatic hydroxyl groups is 2. The van der Waals surface area contributed by atoms with Gasteiger partial charge in [-0.05, 0) is 41.0 Å². The fourth-order valence-electron chi connectivity index (χ4n) is 5.05. The molecule has 1 saturated heterocycles. The number of carbonyl (C=O) groups excluding carboxylic acids is 1. The van der Waals surface area contributed by atoms with Gasteiger partial charge in [-0.15, -0.1) is 0 Å². The quantitative estimate of drug-likeness (QED) is 0.247. The maximum atomic E-state index is 14.1. The molecule has 0 radical (unpaired) electrons. The fraction of sp³-hybridized carbons (Fsp3) is 0.241. The third kappa shape index (κ3) is 4.64. The second-order valence-electron chi connectivity index (χ2n) is 9.74. The van der Waals surface area contributed by atoms with Gasteiger partial charge in [0, 0.05) is 12.1 Å². The number of anilines is 1. The molecule has 204 valence electrons. The molecule has 4 N–H and O–H groups in total. The Kier molecular flexibility index (Phi) is 6.84. The van der Waals surface area contributed by atoms with Crippen molar-refractivity contribution in [1.82, 2.24) is 24.8 Å². The molecule has 5 aromatic rings. The van der Waals surface area contributed by atoms with Gasteiger partial charge in [0.05, 0.1) is 12.9 Å². The van der Waals surface area contributed by atoms with Crippen LogP contribution in [0.15, 0.2) is 73.3 Å². The number of ether oxygens (including phenoxy) is 1. The molecule has 0 aliphatic carbocycles. The van der Waals surface area contributed by atoms with Gasteiger partial charge >= 0.3 is 0 Å². The summed E-state index contributed by atoms with van der Waals surface area (Å²) in [4.78, 5) is 26.2. The summed E-state index contributed by atoms with van der Waals surface area (Å²) in [5.41, 5.74) is 2.48. The fourth-order valence-corrected chi connectivity index (χ4v) is 5.05. The van der Waals surface area contributed by atoms with Crippen LogP contribution in [0.5, 0.6) is 0 Å². The normalized spacial score (nSPS) is 20.7. The molecular formula is C29H27FN6O4. The molecule has 0 unspecified atom stereocenters. The number of fused-ring (bicyclic) bond motifs is 2. The minimum atomic E-state index is -1.24. The molecule has 10 nitrogen and oxygen atoms in total. The van der Waals surface area contributed by atoms with Gasteiger partial charge in [0.15, 0.2) is 23.2 Å². The minimum absolute atomic E-state index is 0.0965. The number of carbonyl (C=O) groups is 1. The predicted octanol–water partition coefficient (Wildman–Crippen LogP) is 3.09. The lowest BCUT2D eigenvalue weighted by Gasteiger charge is -2.23. The number of hydrogen-bond donors (Lipinski definition) is 4. The van der Waals surface area contributed by atoms with E-state index in [1.807, 2.05) is 24.3 Å². The van der Waals surface area contributed by atoms with E-state index >= 15 is 0 Å². The molecule has 1 amide bonds. The highest BCUT2D eigenvalue weighted by Gasteiger charge is 2.46. The van der Waals surface area contributed by atoms with E-state index in [1.165, 1.54) is 24.8 Å². The largest absolute Gasteiger partial charge is 0.394 e. The Morgan fingerprint density at radius 2 is 1.93 bits per heavy atom. The van der Waals surface area contributed by atoms with E-state index in [1.54, 1.807) is 11.5 Å². The third-order valence-corrected chi connectivity index (χ3v) is 7.24. The van der Waals surface area contributed by atoms with Gasteiger partial charge in [-0.3, -0.25) is 9.36 Å². The van der Waals surface area contributed by atoms with Crippen molar-refractivity contribution in [3.8, 4) is 0 Å². The van der Waals surface area contributed by atoms with Crippen molar-refractivity contribution < 1.29 is 24.1 Å². The molecule has 2 aromatic heterocycles. The second kappa shape index (κ2) is 10.6. The second-order valence-corrected chi connectivity index (χ2v) is 9.74. The van der Waals surface area contributed by atoms with E-state index in [2.05, 4.69) is 43.8 Å². The summed E-state index contributed by atoms with van der Waals surface area (Å²) in [6.45, 7) is 1.63. The van der Waals surface area contributed by atoms with Crippen LogP contribution in [0.2, 0.25) is 0 Å². The molecule has 0 spiro atoms. The Balaban J connectivity index is 1.28. The summed E-state index contributed by atoms with van der Waals surface area (Å²) in [6.07, 6.45) is -0.267. The van der Waals surface area contributed by atoms with Crippen LogP contribution in [0.25, 0.3) is 21.9 Å². The summed E-state index contributed by atoms with van der Waals surface area (Å²) in [5.74, 6) is -0.599. The number of imidazole rings is 1. The Morgan fingerprint density at radius 3 is 2.75 bits per heavy atom. The average molecular weight is 543 g/mol. The van der Waals surface area contributed by atoms with Gasteiger partial charge in [0.2, 0.25) is 0 Å². The number of halogens is 1. The SMILES string of the molecule is Cc1ccc(C(=O)N[C@@H]2[C@H](O)[C@@H](CO)O[C@H]2n2cnc3c(NCc4cccc5ccccc45)ncnc32)cc1F. The first kappa shape index (κ1) is 25.8. The number of benzene rings is 3. The van der Waals surface area contributed by atoms with E-state index in [9.17, 15) is 19.4 Å². The number of aliphatic hydroxyl groups excluding tert-OH is 2. The molecule has 0 bridgehead atoms. The molecule has 3 aromatic carbocycles. The Hall–Kier alpha value is -4.45. The highest BCUT2D eigenvalue weighted by molar-refractivity contribution is 5.94. The van der Waals surface area contributed by atoms with Crippen LogP contribution in [0.4, 0.5) is 10.2 Å². The standard InChI is InChI=1S/C29H27FN6O4/c1-16-9-10-18(11-21(16)30)28(39)35-23-25(38)22(13-37)40-29(23)36-15-34-24-26(32-14-33-27(24)36)31-12-19-7-4-6-17-5-2-3-8-20(17)19/h2-11,14-15,22-23,25,29,37-38H,12-13H2,1H3,(H,35,39)(H,31,32,33)/t22-,23-,25-,29-/m1/s1. The van der Waals surface area contributed by atoms with Gasteiger partial charge in [-0.1, -0.05) is 48.5 Å². The molecule has 1 aliphatic rings. The summed E-state index contributed by atoms with van der Waals surface area (Å²) < 4.78 is 21.6. The number of amides is 1. The Labute approximate surface area is 228 Å². The zero-order chi connectivity index (χ0) is 27.8. The molecule has 3 heterocycles. The van der Waals surface area contributed by atoms with Crippen LogP contribution in [0.3, 0.4) is 0 Å². The minimum Gasteiger partial charge on any atom is -0.394 e. The maximum Gasteiger partial charge on any atom is 0.251 e. The first-order valence-electron chi connectivity index (χ1n) is 12.8. The molecule has 6 rings (SSSR count). The molecule has 40 heavy (non-hydrogen) atoms. The van der Waals surface area contributed by atoms with E-state index < -0.39 is 42.8 Å².